The van der Waals surface area contributed by atoms with Crippen molar-refractivity contribution in [2.75, 3.05) is 5.32 Å². The minimum Gasteiger partial charge on any atom is -0.307 e. The first-order valence-corrected chi connectivity index (χ1v) is 7.98. The van der Waals surface area contributed by atoms with E-state index in [9.17, 15) is 4.79 Å². The van der Waals surface area contributed by atoms with Crippen LogP contribution in [0.25, 0.3) is 0 Å². The van der Waals surface area contributed by atoms with Gasteiger partial charge in [0.2, 0.25) is 0 Å². The number of carbonyl (C=O) groups is 1. The highest BCUT2D eigenvalue weighted by Crippen LogP contribution is 2.22. The molecule has 0 bridgehead atoms. The number of anilines is 1. The van der Waals surface area contributed by atoms with Crippen LogP contribution in [0.4, 0.5) is 5.82 Å². The maximum Gasteiger partial charge on any atom is 0.258 e. The number of benzene rings is 1. The minimum absolute atomic E-state index is 0.244. The van der Waals surface area contributed by atoms with Gasteiger partial charge in [0.25, 0.3) is 5.91 Å². The molecule has 0 atom stereocenters. The van der Waals surface area contributed by atoms with Crippen molar-refractivity contribution in [1.82, 2.24) is 14.8 Å². The summed E-state index contributed by atoms with van der Waals surface area (Å²) < 4.78 is 1.66. The molecule has 5 nitrogen and oxygen atoms in total. The van der Waals surface area contributed by atoms with Crippen molar-refractivity contribution in [3.8, 4) is 0 Å². The lowest BCUT2D eigenvalue weighted by atomic mass is 10.2. The number of aryl methyl sites for hydroxylation is 1. The van der Waals surface area contributed by atoms with E-state index in [2.05, 4.69) is 15.4 Å². The van der Waals surface area contributed by atoms with E-state index < -0.39 is 0 Å². The normalized spacial score (nSPS) is 10.6. The number of halogens is 2. The zero-order chi connectivity index (χ0) is 17.1. The molecule has 0 spiro atoms. The molecule has 3 rings (SSSR count). The fraction of sp³-hybridized carbons (Fsp3) is 0.118. The average Bonchev–Trinajstić information content (AvgIpc) is 2.97. The second-order valence-electron chi connectivity index (χ2n) is 5.25. The Kier molecular flexibility index (Phi) is 4.83. The predicted octanol–water partition coefficient (Wildman–Crippen LogP) is 4.19. The Morgan fingerprint density at radius 1 is 1.21 bits per heavy atom. The number of pyridine rings is 1. The van der Waals surface area contributed by atoms with Gasteiger partial charge in [0.05, 0.1) is 18.3 Å². The van der Waals surface area contributed by atoms with Crippen LogP contribution in [0, 0.1) is 6.92 Å². The molecule has 1 aromatic carbocycles. The van der Waals surface area contributed by atoms with Crippen molar-refractivity contribution in [1.29, 1.82) is 0 Å². The van der Waals surface area contributed by atoms with Gasteiger partial charge in [-0.25, -0.2) is 4.68 Å². The number of rotatable bonds is 4. The Hall–Kier alpha value is -2.37. The van der Waals surface area contributed by atoms with Crippen molar-refractivity contribution in [3.05, 3.63) is 75.7 Å². The topological polar surface area (TPSA) is 59.8 Å². The number of amides is 1. The van der Waals surface area contributed by atoms with Gasteiger partial charge in [0, 0.05) is 28.0 Å². The van der Waals surface area contributed by atoms with Crippen molar-refractivity contribution in [2.24, 2.45) is 0 Å². The van der Waals surface area contributed by atoms with Gasteiger partial charge < -0.3 is 5.32 Å². The number of nitrogens with zero attached hydrogens (tertiary/aromatic N) is 3. The van der Waals surface area contributed by atoms with Crippen LogP contribution in [0.15, 0.2) is 48.8 Å². The summed E-state index contributed by atoms with van der Waals surface area (Å²) in [6, 6.07) is 10.5. The summed E-state index contributed by atoms with van der Waals surface area (Å²) in [5, 5.41) is 8.19. The third-order valence-corrected chi connectivity index (χ3v) is 4.05. The van der Waals surface area contributed by atoms with Crippen LogP contribution < -0.4 is 5.32 Å². The van der Waals surface area contributed by atoms with Crippen LogP contribution in [-0.2, 0) is 6.54 Å². The summed E-state index contributed by atoms with van der Waals surface area (Å²) >= 11 is 12.1. The lowest BCUT2D eigenvalue weighted by Crippen LogP contribution is -2.16. The molecule has 1 N–H and O–H groups in total. The van der Waals surface area contributed by atoms with E-state index in [0.29, 0.717) is 28.0 Å². The van der Waals surface area contributed by atoms with Gasteiger partial charge in [-0.05, 0) is 36.8 Å². The van der Waals surface area contributed by atoms with E-state index >= 15 is 0 Å². The summed E-state index contributed by atoms with van der Waals surface area (Å²) in [4.78, 5) is 16.4. The molecule has 0 fully saturated rings. The van der Waals surface area contributed by atoms with Gasteiger partial charge in [-0.1, -0.05) is 29.3 Å². The van der Waals surface area contributed by atoms with Gasteiger partial charge in [-0.2, -0.15) is 5.10 Å². The number of hydrogen-bond acceptors (Lipinski definition) is 3. The first-order valence-electron chi connectivity index (χ1n) is 7.22. The zero-order valence-corrected chi connectivity index (χ0v) is 14.3. The molecule has 0 aliphatic heterocycles. The number of hydrogen-bond donors (Lipinski definition) is 1. The quantitative estimate of drug-likeness (QED) is 0.758. The Labute approximate surface area is 149 Å². The van der Waals surface area contributed by atoms with E-state index in [1.165, 1.54) is 0 Å². The minimum atomic E-state index is -0.244. The van der Waals surface area contributed by atoms with Gasteiger partial charge in [0.15, 0.2) is 0 Å². The van der Waals surface area contributed by atoms with Crippen molar-refractivity contribution >= 4 is 34.9 Å². The molecular formula is C17H14Cl2N4O. The monoisotopic (exact) mass is 360 g/mol. The molecule has 7 heteroatoms. The highest BCUT2D eigenvalue weighted by atomic mass is 35.5. The highest BCUT2D eigenvalue weighted by molar-refractivity contribution is 6.35. The molecule has 24 heavy (non-hydrogen) atoms. The number of nitrogens with one attached hydrogen (secondary N) is 1. The van der Waals surface area contributed by atoms with E-state index in [4.69, 9.17) is 23.2 Å². The molecule has 2 aromatic heterocycles. The maximum absolute atomic E-state index is 12.3. The lowest BCUT2D eigenvalue weighted by molar-refractivity contribution is 0.102. The molecule has 0 saturated carbocycles. The third kappa shape index (κ3) is 3.75. The summed E-state index contributed by atoms with van der Waals surface area (Å²) in [7, 11) is 0. The second-order valence-corrected chi connectivity index (χ2v) is 6.10. The Morgan fingerprint density at radius 3 is 2.75 bits per heavy atom. The van der Waals surface area contributed by atoms with Crippen LogP contribution in [0.1, 0.15) is 21.6 Å². The van der Waals surface area contributed by atoms with Crippen LogP contribution in [0.3, 0.4) is 0 Å². The van der Waals surface area contributed by atoms with Crippen LogP contribution in [0.2, 0.25) is 10.0 Å². The van der Waals surface area contributed by atoms with Crippen LogP contribution in [-0.4, -0.2) is 20.7 Å². The summed E-state index contributed by atoms with van der Waals surface area (Å²) in [5.74, 6) is 0.332. The second kappa shape index (κ2) is 7.03. The molecule has 0 saturated heterocycles. The first kappa shape index (κ1) is 16.5. The smallest absolute Gasteiger partial charge is 0.258 e. The Morgan fingerprint density at radius 2 is 2.04 bits per heavy atom. The van der Waals surface area contributed by atoms with Crippen molar-refractivity contribution in [2.45, 2.75) is 13.5 Å². The molecule has 0 aliphatic carbocycles. The standard InChI is InChI=1S/C17H14Cl2N4O/c1-11-2-3-12(9-20-11)17(24)22-16-6-7-21-23(16)10-13-4-5-14(18)8-15(13)19/h2-9H,10H2,1H3,(H,22,24). The summed E-state index contributed by atoms with van der Waals surface area (Å²) in [6.45, 7) is 2.29. The molecule has 122 valence electrons. The average molecular weight is 361 g/mol. The SMILES string of the molecule is Cc1ccc(C(=O)Nc2ccnn2Cc2ccc(Cl)cc2Cl)cn1. The Balaban J connectivity index is 1.77. The van der Waals surface area contributed by atoms with Crippen molar-refractivity contribution < 1.29 is 4.79 Å². The van der Waals surface area contributed by atoms with Gasteiger partial charge in [-0.3, -0.25) is 9.78 Å². The van der Waals surface area contributed by atoms with Gasteiger partial charge in [0.1, 0.15) is 5.82 Å². The fourth-order valence-corrected chi connectivity index (χ4v) is 2.63. The van der Waals surface area contributed by atoms with Crippen LogP contribution >= 0.6 is 23.2 Å². The molecule has 0 unspecified atom stereocenters. The van der Waals surface area contributed by atoms with E-state index in [1.54, 1.807) is 47.4 Å². The van der Waals surface area contributed by atoms with E-state index in [1.807, 2.05) is 13.0 Å². The molecule has 0 radical (unpaired) electrons. The zero-order valence-electron chi connectivity index (χ0n) is 12.8. The third-order valence-electron chi connectivity index (χ3n) is 3.47. The number of carbonyl (C=O) groups excluding carboxylic acids is 1. The summed E-state index contributed by atoms with van der Waals surface area (Å²) in [6.07, 6.45) is 3.16. The highest BCUT2D eigenvalue weighted by Gasteiger charge is 2.11. The predicted molar refractivity (Wildman–Crippen MR) is 94.7 cm³/mol. The number of aromatic nitrogens is 3. The largest absolute Gasteiger partial charge is 0.307 e. The Bertz CT molecular complexity index is 875. The lowest BCUT2D eigenvalue weighted by Gasteiger charge is -2.10. The molecule has 2 heterocycles. The van der Waals surface area contributed by atoms with Gasteiger partial charge >= 0.3 is 0 Å². The summed E-state index contributed by atoms with van der Waals surface area (Å²) in [5.41, 5.74) is 2.20. The fourth-order valence-electron chi connectivity index (χ4n) is 2.17. The van der Waals surface area contributed by atoms with E-state index in [0.717, 1.165) is 11.3 Å². The first-order chi connectivity index (χ1) is 11.5. The van der Waals surface area contributed by atoms with E-state index in [-0.39, 0.29) is 5.91 Å². The molecular weight excluding hydrogens is 347 g/mol. The molecule has 3 aromatic rings. The van der Waals surface area contributed by atoms with Crippen LogP contribution in [0.5, 0.6) is 0 Å². The van der Waals surface area contributed by atoms with Crippen molar-refractivity contribution in [3.63, 3.8) is 0 Å². The van der Waals surface area contributed by atoms with Gasteiger partial charge in [-0.15, -0.1) is 0 Å². The molecule has 1 amide bonds. The maximum atomic E-state index is 12.3. The molecule has 0 aliphatic rings.